The lowest BCUT2D eigenvalue weighted by molar-refractivity contribution is -0.137. The van der Waals surface area contributed by atoms with Crippen LogP contribution in [0.25, 0.3) is 22.0 Å². The van der Waals surface area contributed by atoms with Gasteiger partial charge in [0, 0.05) is 11.9 Å². The Morgan fingerprint density at radius 1 is 1.12 bits per heavy atom. The van der Waals surface area contributed by atoms with E-state index in [2.05, 4.69) is 10.2 Å². The molecule has 3 aromatic rings. The fourth-order valence-electron chi connectivity index (χ4n) is 2.53. The van der Waals surface area contributed by atoms with Gasteiger partial charge in [0.1, 0.15) is 12.4 Å². The van der Waals surface area contributed by atoms with Gasteiger partial charge < -0.3 is 9.64 Å². The Balaban J connectivity index is 1.92. The van der Waals surface area contributed by atoms with Crippen LogP contribution in [0.1, 0.15) is 5.56 Å². The normalized spacial score (nSPS) is 12.1. The minimum absolute atomic E-state index is 0.358. The molecular weight excluding hydrogens is 331 g/mol. The van der Waals surface area contributed by atoms with Gasteiger partial charge in [-0.1, -0.05) is 12.1 Å². The summed E-state index contributed by atoms with van der Waals surface area (Å²) in [7, 11) is 3.91. The monoisotopic (exact) mass is 349 g/mol. The second-order valence-corrected chi connectivity index (χ2v) is 6.03. The molecule has 0 atom stereocenters. The van der Waals surface area contributed by atoms with Crippen LogP contribution in [0.4, 0.5) is 13.2 Å². The summed E-state index contributed by atoms with van der Waals surface area (Å²) in [6.07, 6.45) is -2.88. The number of fused-ring (bicyclic) bond motifs is 1. The largest absolute Gasteiger partial charge is 0.492 e. The second kappa shape index (κ2) is 6.76. The molecule has 0 unspecified atom stereocenters. The van der Waals surface area contributed by atoms with Gasteiger partial charge in [-0.15, -0.1) is 0 Å². The van der Waals surface area contributed by atoms with Crippen LogP contribution in [0.5, 0.6) is 5.75 Å². The van der Waals surface area contributed by atoms with Gasteiger partial charge in [-0.2, -0.15) is 18.3 Å². The highest BCUT2D eigenvalue weighted by atomic mass is 19.4. The van der Waals surface area contributed by atoms with Crippen molar-refractivity contribution in [3.8, 4) is 16.9 Å². The van der Waals surface area contributed by atoms with Crippen molar-refractivity contribution in [2.24, 2.45) is 0 Å². The molecule has 7 heteroatoms. The van der Waals surface area contributed by atoms with E-state index in [-0.39, 0.29) is 0 Å². The molecule has 132 valence electrons. The van der Waals surface area contributed by atoms with Gasteiger partial charge in [0.15, 0.2) is 0 Å². The molecule has 25 heavy (non-hydrogen) atoms. The number of benzene rings is 2. The average Bonchev–Trinajstić information content (AvgIpc) is 3.02. The van der Waals surface area contributed by atoms with Gasteiger partial charge in [0.25, 0.3) is 0 Å². The lowest BCUT2D eigenvalue weighted by Gasteiger charge is -2.12. The third kappa shape index (κ3) is 3.93. The Kier molecular flexibility index (Phi) is 4.67. The predicted molar refractivity (Wildman–Crippen MR) is 90.6 cm³/mol. The fraction of sp³-hybridized carbons (Fsp3) is 0.278. The van der Waals surface area contributed by atoms with E-state index < -0.39 is 11.7 Å². The first-order valence-electron chi connectivity index (χ1n) is 7.77. The van der Waals surface area contributed by atoms with E-state index in [9.17, 15) is 13.2 Å². The Morgan fingerprint density at radius 2 is 1.84 bits per heavy atom. The molecule has 0 radical (unpaired) electrons. The summed E-state index contributed by atoms with van der Waals surface area (Å²) in [6, 6.07) is 9.26. The molecule has 3 rings (SSSR count). The summed E-state index contributed by atoms with van der Waals surface area (Å²) < 4.78 is 45.0. The van der Waals surface area contributed by atoms with Gasteiger partial charge in [-0.25, -0.2) is 0 Å². The number of aromatic amines is 1. The summed E-state index contributed by atoms with van der Waals surface area (Å²) in [4.78, 5) is 2.01. The second-order valence-electron chi connectivity index (χ2n) is 6.03. The topological polar surface area (TPSA) is 41.1 Å². The molecule has 0 aliphatic carbocycles. The number of nitrogens with zero attached hydrogens (tertiary/aromatic N) is 2. The van der Waals surface area contributed by atoms with Gasteiger partial charge in [0.2, 0.25) is 0 Å². The maximum Gasteiger partial charge on any atom is 0.416 e. The maximum atomic E-state index is 13.1. The van der Waals surface area contributed by atoms with Crippen molar-refractivity contribution in [3.63, 3.8) is 0 Å². The van der Waals surface area contributed by atoms with E-state index in [0.29, 0.717) is 34.4 Å². The number of halogens is 3. The minimum atomic E-state index is -4.41. The summed E-state index contributed by atoms with van der Waals surface area (Å²) >= 11 is 0. The molecule has 1 aromatic heterocycles. The van der Waals surface area contributed by atoms with Crippen LogP contribution < -0.4 is 4.74 Å². The quantitative estimate of drug-likeness (QED) is 0.751. The number of H-pyrrole nitrogens is 1. The van der Waals surface area contributed by atoms with Gasteiger partial charge in [-0.05, 0) is 49.5 Å². The van der Waals surface area contributed by atoms with E-state index in [1.807, 2.05) is 19.0 Å². The molecule has 0 spiro atoms. The lowest BCUT2D eigenvalue weighted by atomic mass is 9.99. The maximum absolute atomic E-state index is 13.1. The SMILES string of the molecule is CN(C)CCOc1ccc(-c2cc(C(F)(F)F)cc3[nH]ncc23)cc1. The number of likely N-dealkylation sites (N-methyl/N-ethyl adjacent to an activating group) is 1. The molecule has 0 saturated carbocycles. The van der Waals surface area contributed by atoms with Crippen LogP contribution >= 0.6 is 0 Å². The molecule has 0 aliphatic rings. The van der Waals surface area contributed by atoms with Crippen LogP contribution in [0, 0.1) is 0 Å². The smallest absolute Gasteiger partial charge is 0.416 e. The lowest BCUT2D eigenvalue weighted by Crippen LogP contribution is -2.19. The van der Waals surface area contributed by atoms with E-state index in [1.54, 1.807) is 24.3 Å². The van der Waals surface area contributed by atoms with Crippen molar-refractivity contribution in [2.45, 2.75) is 6.18 Å². The number of aromatic nitrogens is 2. The Labute approximate surface area is 143 Å². The third-order valence-electron chi connectivity index (χ3n) is 3.86. The van der Waals surface area contributed by atoms with Crippen molar-refractivity contribution < 1.29 is 17.9 Å². The molecule has 0 saturated heterocycles. The number of hydrogen-bond acceptors (Lipinski definition) is 3. The number of alkyl halides is 3. The van der Waals surface area contributed by atoms with Crippen LogP contribution in [-0.2, 0) is 6.18 Å². The number of nitrogens with one attached hydrogen (secondary N) is 1. The number of hydrogen-bond donors (Lipinski definition) is 1. The first kappa shape index (κ1) is 17.3. The van der Waals surface area contributed by atoms with Crippen molar-refractivity contribution in [1.29, 1.82) is 0 Å². The standard InChI is InChI=1S/C18H18F3N3O/c1-24(2)7-8-25-14-5-3-12(4-6-14)15-9-13(18(19,20)21)10-17-16(15)11-22-23-17/h3-6,9-11H,7-8H2,1-2H3,(H,22,23). The van der Waals surface area contributed by atoms with E-state index in [0.717, 1.165) is 18.7 Å². The summed E-state index contributed by atoms with van der Waals surface area (Å²) in [6.45, 7) is 1.33. The number of ether oxygens (including phenoxy) is 1. The van der Waals surface area contributed by atoms with Crippen LogP contribution in [0.2, 0.25) is 0 Å². The van der Waals surface area contributed by atoms with Crippen molar-refractivity contribution in [2.75, 3.05) is 27.2 Å². The van der Waals surface area contributed by atoms with Gasteiger partial charge in [0.05, 0.1) is 17.3 Å². The highest BCUT2D eigenvalue weighted by Crippen LogP contribution is 2.36. The average molecular weight is 349 g/mol. The Morgan fingerprint density at radius 3 is 2.48 bits per heavy atom. The summed E-state index contributed by atoms with van der Waals surface area (Å²) in [5.74, 6) is 0.681. The van der Waals surface area contributed by atoms with Crippen LogP contribution in [0.3, 0.4) is 0 Å². The summed E-state index contributed by atoms with van der Waals surface area (Å²) in [5, 5.41) is 7.12. The zero-order chi connectivity index (χ0) is 18.0. The third-order valence-corrected chi connectivity index (χ3v) is 3.86. The molecule has 2 aromatic carbocycles. The molecular formula is C18H18F3N3O. The molecule has 1 heterocycles. The van der Waals surface area contributed by atoms with E-state index in [1.165, 1.54) is 6.20 Å². The van der Waals surface area contributed by atoms with Gasteiger partial charge >= 0.3 is 6.18 Å². The minimum Gasteiger partial charge on any atom is -0.492 e. The highest BCUT2D eigenvalue weighted by Gasteiger charge is 2.31. The molecule has 0 bridgehead atoms. The fourth-order valence-corrected chi connectivity index (χ4v) is 2.53. The first-order valence-corrected chi connectivity index (χ1v) is 7.77. The van der Waals surface area contributed by atoms with Crippen molar-refractivity contribution in [1.82, 2.24) is 15.1 Å². The molecule has 4 nitrogen and oxygen atoms in total. The first-order chi connectivity index (χ1) is 11.8. The van der Waals surface area contributed by atoms with Crippen LogP contribution in [-0.4, -0.2) is 42.3 Å². The number of rotatable bonds is 5. The summed E-state index contributed by atoms with van der Waals surface area (Å²) in [5.41, 5.74) is 0.817. The molecule has 0 amide bonds. The van der Waals surface area contributed by atoms with E-state index in [4.69, 9.17) is 4.74 Å². The zero-order valence-electron chi connectivity index (χ0n) is 13.9. The van der Waals surface area contributed by atoms with E-state index >= 15 is 0 Å². The van der Waals surface area contributed by atoms with Crippen LogP contribution in [0.15, 0.2) is 42.6 Å². The highest BCUT2D eigenvalue weighted by molar-refractivity contribution is 5.95. The predicted octanol–water partition coefficient (Wildman–Crippen LogP) is 4.19. The zero-order valence-corrected chi connectivity index (χ0v) is 13.9. The van der Waals surface area contributed by atoms with Crippen molar-refractivity contribution >= 4 is 10.9 Å². The Bertz CT molecular complexity index is 854. The molecule has 0 fully saturated rings. The van der Waals surface area contributed by atoms with Gasteiger partial charge in [-0.3, -0.25) is 5.10 Å². The Hall–Kier alpha value is -2.54. The molecule has 1 N–H and O–H groups in total. The van der Waals surface area contributed by atoms with Crippen molar-refractivity contribution in [3.05, 3.63) is 48.2 Å². The molecule has 0 aliphatic heterocycles.